The van der Waals surface area contributed by atoms with Crippen molar-refractivity contribution in [2.75, 3.05) is 0 Å². The highest BCUT2D eigenvalue weighted by molar-refractivity contribution is 7.10. The largest absolute Gasteiger partial charge is 0.148 e. The summed E-state index contributed by atoms with van der Waals surface area (Å²) >= 11 is 1.89. The van der Waals surface area contributed by atoms with Crippen LogP contribution in [0.3, 0.4) is 0 Å². The lowest BCUT2D eigenvalue weighted by Crippen LogP contribution is -1.96. The molecule has 0 saturated heterocycles. The maximum absolute atomic E-state index is 2.37. The van der Waals surface area contributed by atoms with Gasteiger partial charge in [-0.05, 0) is 40.8 Å². The van der Waals surface area contributed by atoms with E-state index >= 15 is 0 Å². The summed E-state index contributed by atoms with van der Waals surface area (Å²) in [5.41, 5.74) is 2.92. The lowest BCUT2D eigenvalue weighted by atomic mass is 9.95. The van der Waals surface area contributed by atoms with Crippen molar-refractivity contribution >= 4 is 11.3 Å². The van der Waals surface area contributed by atoms with E-state index in [0.717, 1.165) is 6.42 Å². The average Bonchev–Trinajstić information content (AvgIpc) is 2.79. The van der Waals surface area contributed by atoms with Crippen LogP contribution in [0.1, 0.15) is 48.6 Å². The lowest BCUT2D eigenvalue weighted by molar-refractivity contribution is 0.759. The fraction of sp³-hybridized carbons (Fsp3) is 0.375. The summed E-state index contributed by atoms with van der Waals surface area (Å²) in [6.45, 7) is 6.83. The fourth-order valence-electron chi connectivity index (χ4n) is 2.06. The molecular formula is C16H20S. The molecule has 1 aromatic heterocycles. The molecule has 1 heteroatoms. The molecule has 1 atom stereocenters. The monoisotopic (exact) mass is 244 g/mol. The predicted octanol–water partition coefficient (Wildman–Crippen LogP) is 5.22. The van der Waals surface area contributed by atoms with Crippen molar-refractivity contribution in [2.24, 2.45) is 0 Å². The third-order valence-corrected chi connectivity index (χ3v) is 4.44. The van der Waals surface area contributed by atoms with Crippen molar-refractivity contribution in [2.45, 2.75) is 39.0 Å². The van der Waals surface area contributed by atoms with Crippen molar-refractivity contribution in [3.8, 4) is 0 Å². The van der Waals surface area contributed by atoms with E-state index < -0.39 is 0 Å². The second kappa shape index (κ2) is 5.50. The first kappa shape index (κ1) is 12.4. The van der Waals surface area contributed by atoms with Gasteiger partial charge in [0.25, 0.3) is 0 Å². The molecule has 0 aliphatic heterocycles. The van der Waals surface area contributed by atoms with E-state index in [0.29, 0.717) is 11.8 Å². The molecule has 1 heterocycles. The molecular weight excluding hydrogens is 224 g/mol. The number of thiophene rings is 1. The smallest absolute Gasteiger partial charge is 0.00735 e. The second-order valence-corrected chi connectivity index (χ2v) is 5.97. The molecule has 0 nitrogen and oxygen atoms in total. The SMILES string of the molecule is CC(C)c1cc(CC(C)c2ccccc2)cs1. The van der Waals surface area contributed by atoms with Gasteiger partial charge in [-0.3, -0.25) is 0 Å². The first-order valence-corrected chi connectivity index (χ1v) is 7.17. The zero-order chi connectivity index (χ0) is 12.3. The standard InChI is InChI=1S/C16H20S/c1-12(2)16-10-14(11-17-16)9-13(3)15-7-5-4-6-8-15/h4-8,10-13H,9H2,1-3H3. The molecule has 0 aliphatic carbocycles. The Morgan fingerprint density at radius 2 is 1.76 bits per heavy atom. The molecule has 17 heavy (non-hydrogen) atoms. The fourth-order valence-corrected chi connectivity index (χ4v) is 3.00. The van der Waals surface area contributed by atoms with Crippen molar-refractivity contribution in [3.63, 3.8) is 0 Å². The van der Waals surface area contributed by atoms with Crippen LogP contribution in [0.4, 0.5) is 0 Å². The molecule has 0 bridgehead atoms. The van der Waals surface area contributed by atoms with Gasteiger partial charge in [-0.1, -0.05) is 51.1 Å². The van der Waals surface area contributed by atoms with E-state index in [1.165, 1.54) is 16.0 Å². The third kappa shape index (κ3) is 3.19. The average molecular weight is 244 g/mol. The Morgan fingerprint density at radius 1 is 1.06 bits per heavy atom. The van der Waals surface area contributed by atoms with Crippen molar-refractivity contribution in [1.29, 1.82) is 0 Å². The second-order valence-electron chi connectivity index (χ2n) is 5.03. The van der Waals surface area contributed by atoms with E-state index in [1.54, 1.807) is 0 Å². The van der Waals surface area contributed by atoms with Gasteiger partial charge in [-0.15, -0.1) is 11.3 Å². The molecule has 0 radical (unpaired) electrons. The molecule has 1 unspecified atom stereocenters. The van der Waals surface area contributed by atoms with Gasteiger partial charge in [0.1, 0.15) is 0 Å². The highest BCUT2D eigenvalue weighted by atomic mass is 32.1. The van der Waals surface area contributed by atoms with Gasteiger partial charge in [0.2, 0.25) is 0 Å². The van der Waals surface area contributed by atoms with Gasteiger partial charge in [-0.2, -0.15) is 0 Å². The number of hydrogen-bond donors (Lipinski definition) is 0. The molecule has 2 aromatic rings. The molecule has 0 spiro atoms. The van der Waals surface area contributed by atoms with Gasteiger partial charge < -0.3 is 0 Å². The summed E-state index contributed by atoms with van der Waals surface area (Å²) in [6.07, 6.45) is 1.15. The minimum absolute atomic E-state index is 0.603. The van der Waals surface area contributed by atoms with Crippen molar-refractivity contribution in [3.05, 3.63) is 57.8 Å². The van der Waals surface area contributed by atoms with Gasteiger partial charge in [-0.25, -0.2) is 0 Å². The molecule has 0 amide bonds. The minimum atomic E-state index is 0.603. The Balaban J connectivity index is 2.05. The summed E-state index contributed by atoms with van der Waals surface area (Å²) < 4.78 is 0. The van der Waals surface area contributed by atoms with Crippen molar-refractivity contribution in [1.82, 2.24) is 0 Å². The Kier molecular flexibility index (Phi) is 4.01. The Bertz CT molecular complexity index is 453. The van der Waals surface area contributed by atoms with E-state index in [-0.39, 0.29) is 0 Å². The van der Waals surface area contributed by atoms with Gasteiger partial charge >= 0.3 is 0 Å². The summed E-state index contributed by atoms with van der Waals surface area (Å²) in [6, 6.07) is 13.1. The number of rotatable bonds is 4. The van der Waals surface area contributed by atoms with Crippen LogP contribution in [0, 0.1) is 0 Å². The van der Waals surface area contributed by atoms with Crippen LogP contribution >= 0.6 is 11.3 Å². The first-order chi connectivity index (χ1) is 8.16. The number of benzene rings is 1. The molecule has 1 aromatic carbocycles. The first-order valence-electron chi connectivity index (χ1n) is 6.29. The normalized spacial score (nSPS) is 12.9. The van der Waals surface area contributed by atoms with E-state index in [1.807, 2.05) is 11.3 Å². The highest BCUT2D eigenvalue weighted by Gasteiger charge is 2.09. The summed E-state index contributed by atoms with van der Waals surface area (Å²) in [7, 11) is 0. The van der Waals surface area contributed by atoms with Crippen LogP contribution in [0.2, 0.25) is 0 Å². The zero-order valence-corrected chi connectivity index (χ0v) is 11.6. The van der Waals surface area contributed by atoms with Crippen LogP contribution in [0.15, 0.2) is 41.8 Å². The summed E-state index contributed by atoms with van der Waals surface area (Å²) in [5, 5.41) is 2.31. The molecule has 2 rings (SSSR count). The van der Waals surface area contributed by atoms with Gasteiger partial charge in [0.15, 0.2) is 0 Å². The summed E-state index contributed by atoms with van der Waals surface area (Å²) in [5.74, 6) is 1.26. The van der Waals surface area contributed by atoms with Crippen molar-refractivity contribution < 1.29 is 0 Å². The third-order valence-electron chi connectivity index (χ3n) is 3.15. The highest BCUT2D eigenvalue weighted by Crippen LogP contribution is 2.27. The quantitative estimate of drug-likeness (QED) is 0.692. The Morgan fingerprint density at radius 3 is 2.35 bits per heavy atom. The maximum Gasteiger partial charge on any atom is 0.00735 e. The minimum Gasteiger partial charge on any atom is -0.148 e. The Labute approximate surface area is 108 Å². The van der Waals surface area contributed by atoms with Crippen LogP contribution in [0.25, 0.3) is 0 Å². The van der Waals surface area contributed by atoms with Crippen LogP contribution in [-0.2, 0) is 6.42 Å². The lowest BCUT2D eigenvalue weighted by Gasteiger charge is -2.10. The number of hydrogen-bond acceptors (Lipinski definition) is 1. The Hall–Kier alpha value is -1.08. The van der Waals surface area contributed by atoms with Gasteiger partial charge in [0.05, 0.1) is 0 Å². The van der Waals surface area contributed by atoms with E-state index in [9.17, 15) is 0 Å². The molecule has 0 saturated carbocycles. The van der Waals surface area contributed by atoms with Gasteiger partial charge in [0, 0.05) is 4.88 Å². The molecule has 0 N–H and O–H groups in total. The zero-order valence-electron chi connectivity index (χ0n) is 10.8. The van der Waals surface area contributed by atoms with E-state index in [4.69, 9.17) is 0 Å². The molecule has 0 aliphatic rings. The molecule has 90 valence electrons. The van der Waals surface area contributed by atoms with Crippen LogP contribution < -0.4 is 0 Å². The maximum atomic E-state index is 2.37. The van der Waals surface area contributed by atoms with Crippen LogP contribution in [-0.4, -0.2) is 0 Å². The summed E-state index contributed by atoms with van der Waals surface area (Å²) in [4.78, 5) is 1.50. The van der Waals surface area contributed by atoms with Crippen LogP contribution in [0.5, 0.6) is 0 Å². The van der Waals surface area contributed by atoms with E-state index in [2.05, 4.69) is 62.5 Å². The molecule has 0 fully saturated rings. The predicted molar refractivity (Wildman–Crippen MR) is 77.0 cm³/mol. The topological polar surface area (TPSA) is 0 Å².